The molecule has 0 spiro atoms. The van der Waals surface area contributed by atoms with E-state index in [-0.39, 0.29) is 23.8 Å². The van der Waals surface area contributed by atoms with Crippen LogP contribution >= 0.6 is 0 Å². The molecular weight excluding hydrogens is 452 g/mol. The van der Waals surface area contributed by atoms with Gasteiger partial charge >= 0.3 is 0 Å². The van der Waals surface area contributed by atoms with Crippen molar-refractivity contribution in [2.24, 2.45) is 13.0 Å². The standard InChI is InChI=1S/C28H34N6O2/c1-16(2)27(35)31-22-13-23(28(36)29-17(3)25-18(4)32-33(7)19(25)5)26-24(14-22)30-20(6)34(26)15-21-11-9-8-10-12-21/h8-14,16-17H,15H2,1-7H3,(H,29,36)(H,31,35)/t17-/m1/s1. The summed E-state index contributed by atoms with van der Waals surface area (Å²) in [6, 6.07) is 13.4. The van der Waals surface area contributed by atoms with E-state index in [1.54, 1.807) is 6.07 Å². The van der Waals surface area contributed by atoms with Crippen molar-refractivity contribution in [1.82, 2.24) is 24.6 Å². The van der Waals surface area contributed by atoms with E-state index in [9.17, 15) is 9.59 Å². The van der Waals surface area contributed by atoms with Gasteiger partial charge in [-0.25, -0.2) is 4.98 Å². The summed E-state index contributed by atoms with van der Waals surface area (Å²) in [4.78, 5) is 31.0. The van der Waals surface area contributed by atoms with Crippen LogP contribution in [-0.2, 0) is 18.4 Å². The summed E-state index contributed by atoms with van der Waals surface area (Å²) in [5.74, 6) is 0.260. The van der Waals surface area contributed by atoms with Gasteiger partial charge in [-0.15, -0.1) is 0 Å². The van der Waals surface area contributed by atoms with Crippen LogP contribution in [-0.4, -0.2) is 31.1 Å². The highest BCUT2D eigenvalue weighted by atomic mass is 16.2. The van der Waals surface area contributed by atoms with Crippen molar-refractivity contribution in [3.8, 4) is 0 Å². The minimum atomic E-state index is -0.248. The lowest BCUT2D eigenvalue weighted by atomic mass is 10.0. The molecule has 2 aromatic heterocycles. The Bertz CT molecular complexity index is 1430. The van der Waals surface area contributed by atoms with E-state index in [0.29, 0.717) is 23.3 Å². The molecule has 0 aliphatic rings. The Kier molecular flexibility index (Phi) is 6.97. The van der Waals surface area contributed by atoms with Crippen molar-refractivity contribution >= 4 is 28.5 Å². The Labute approximate surface area is 211 Å². The van der Waals surface area contributed by atoms with Crippen LogP contribution in [0.5, 0.6) is 0 Å². The topological polar surface area (TPSA) is 93.8 Å². The molecule has 2 heterocycles. The first kappa shape index (κ1) is 25.2. The lowest BCUT2D eigenvalue weighted by molar-refractivity contribution is -0.118. The van der Waals surface area contributed by atoms with Gasteiger partial charge in [0.2, 0.25) is 5.91 Å². The number of anilines is 1. The molecule has 8 nitrogen and oxygen atoms in total. The predicted octanol–water partition coefficient (Wildman–Crippen LogP) is 4.83. The average Bonchev–Trinajstić information content (AvgIpc) is 3.27. The maximum Gasteiger partial charge on any atom is 0.254 e. The molecule has 0 aliphatic heterocycles. The fourth-order valence-electron chi connectivity index (χ4n) is 4.64. The molecule has 2 amide bonds. The summed E-state index contributed by atoms with van der Waals surface area (Å²) >= 11 is 0. The van der Waals surface area contributed by atoms with Crippen molar-refractivity contribution in [2.45, 2.75) is 54.1 Å². The van der Waals surface area contributed by atoms with Crippen LogP contribution in [0.4, 0.5) is 5.69 Å². The second-order valence-corrected chi connectivity index (χ2v) is 9.67. The van der Waals surface area contributed by atoms with Gasteiger partial charge in [0.05, 0.1) is 28.3 Å². The minimum absolute atomic E-state index is 0.115. The first-order valence-electron chi connectivity index (χ1n) is 12.2. The van der Waals surface area contributed by atoms with Crippen molar-refractivity contribution in [3.63, 3.8) is 0 Å². The number of hydrogen-bond acceptors (Lipinski definition) is 4. The third kappa shape index (κ3) is 4.89. The number of nitrogens with zero attached hydrogens (tertiary/aromatic N) is 4. The molecule has 0 saturated heterocycles. The second kappa shape index (κ2) is 9.97. The summed E-state index contributed by atoms with van der Waals surface area (Å²) in [7, 11) is 1.90. The van der Waals surface area contributed by atoms with Gasteiger partial charge in [0.15, 0.2) is 0 Å². The van der Waals surface area contributed by atoms with Gasteiger partial charge in [0.25, 0.3) is 5.91 Å². The molecule has 0 bridgehead atoms. The van der Waals surface area contributed by atoms with E-state index in [2.05, 4.69) is 32.4 Å². The lowest BCUT2D eigenvalue weighted by Gasteiger charge is -2.17. The molecule has 0 aliphatic carbocycles. The van der Waals surface area contributed by atoms with Gasteiger partial charge in [-0.3, -0.25) is 14.3 Å². The largest absolute Gasteiger partial charge is 0.345 e. The number of aryl methyl sites for hydroxylation is 3. The molecule has 0 unspecified atom stereocenters. The first-order chi connectivity index (χ1) is 17.1. The van der Waals surface area contributed by atoms with Crippen molar-refractivity contribution in [3.05, 3.63) is 76.4 Å². The molecule has 188 valence electrons. The normalized spacial score (nSPS) is 12.2. The molecule has 8 heteroatoms. The van der Waals surface area contributed by atoms with Crippen LogP contribution in [0, 0.1) is 26.7 Å². The summed E-state index contributed by atoms with van der Waals surface area (Å²) in [6.07, 6.45) is 0. The maximum absolute atomic E-state index is 13.8. The molecule has 4 aromatic rings. The molecule has 0 saturated carbocycles. The lowest BCUT2D eigenvalue weighted by Crippen LogP contribution is -2.28. The van der Waals surface area contributed by atoms with E-state index >= 15 is 0 Å². The van der Waals surface area contributed by atoms with Gasteiger partial charge < -0.3 is 15.2 Å². The number of hydrogen-bond donors (Lipinski definition) is 2. The Morgan fingerprint density at radius 1 is 1.03 bits per heavy atom. The van der Waals surface area contributed by atoms with Crippen LogP contribution in [0.25, 0.3) is 11.0 Å². The summed E-state index contributed by atoms with van der Waals surface area (Å²) in [5, 5.41) is 10.6. The Balaban J connectivity index is 1.80. The van der Waals surface area contributed by atoms with E-state index < -0.39 is 0 Å². The molecule has 2 N–H and O–H groups in total. The molecule has 0 fully saturated rings. The van der Waals surface area contributed by atoms with Crippen molar-refractivity contribution < 1.29 is 9.59 Å². The third-order valence-corrected chi connectivity index (χ3v) is 6.60. The van der Waals surface area contributed by atoms with E-state index in [4.69, 9.17) is 4.98 Å². The van der Waals surface area contributed by atoms with Crippen LogP contribution in [0.3, 0.4) is 0 Å². The number of amides is 2. The monoisotopic (exact) mass is 486 g/mol. The highest BCUT2D eigenvalue weighted by Gasteiger charge is 2.23. The number of nitrogens with one attached hydrogen (secondary N) is 2. The number of rotatable bonds is 7. The van der Waals surface area contributed by atoms with E-state index in [1.165, 1.54) is 0 Å². The first-order valence-corrected chi connectivity index (χ1v) is 12.2. The smallest absolute Gasteiger partial charge is 0.254 e. The number of fused-ring (bicyclic) bond motifs is 1. The van der Waals surface area contributed by atoms with Crippen LogP contribution in [0.15, 0.2) is 42.5 Å². The minimum Gasteiger partial charge on any atom is -0.345 e. The zero-order valence-corrected chi connectivity index (χ0v) is 22.0. The molecule has 0 radical (unpaired) electrons. The Hall–Kier alpha value is -3.94. The summed E-state index contributed by atoms with van der Waals surface area (Å²) < 4.78 is 3.88. The van der Waals surface area contributed by atoms with Gasteiger partial charge in [0, 0.05) is 36.5 Å². The number of imidazole rings is 1. The number of aromatic nitrogens is 4. The van der Waals surface area contributed by atoms with Crippen molar-refractivity contribution in [2.75, 3.05) is 5.32 Å². The van der Waals surface area contributed by atoms with Gasteiger partial charge in [0.1, 0.15) is 5.82 Å². The summed E-state index contributed by atoms with van der Waals surface area (Å²) in [6.45, 7) is 12.1. The highest BCUT2D eigenvalue weighted by Crippen LogP contribution is 2.28. The van der Waals surface area contributed by atoms with Crippen LogP contribution < -0.4 is 10.6 Å². The van der Waals surface area contributed by atoms with Crippen LogP contribution in [0.1, 0.15) is 65.5 Å². The second-order valence-electron chi connectivity index (χ2n) is 9.67. The quantitative estimate of drug-likeness (QED) is 0.391. The SMILES string of the molecule is Cc1nn(C)c(C)c1[C@@H](C)NC(=O)c1cc(NC(=O)C(C)C)cc2nc(C)n(Cc3ccccc3)c12. The zero-order chi connectivity index (χ0) is 26.1. The van der Waals surface area contributed by atoms with Gasteiger partial charge in [-0.05, 0) is 45.4 Å². The number of carbonyl (C=O) groups is 2. The fourth-order valence-corrected chi connectivity index (χ4v) is 4.64. The Morgan fingerprint density at radius 3 is 2.33 bits per heavy atom. The van der Waals surface area contributed by atoms with E-state index in [0.717, 1.165) is 33.9 Å². The maximum atomic E-state index is 13.8. The molecule has 4 rings (SSSR count). The number of carbonyl (C=O) groups excluding carboxylic acids is 2. The predicted molar refractivity (Wildman–Crippen MR) is 142 cm³/mol. The zero-order valence-electron chi connectivity index (χ0n) is 22.0. The number of benzene rings is 2. The Morgan fingerprint density at radius 2 is 1.72 bits per heavy atom. The van der Waals surface area contributed by atoms with Crippen molar-refractivity contribution in [1.29, 1.82) is 0 Å². The highest BCUT2D eigenvalue weighted by molar-refractivity contribution is 6.08. The van der Waals surface area contributed by atoms with Crippen LogP contribution in [0.2, 0.25) is 0 Å². The molecule has 2 aromatic carbocycles. The third-order valence-electron chi connectivity index (χ3n) is 6.60. The average molecular weight is 487 g/mol. The van der Waals surface area contributed by atoms with E-state index in [1.807, 2.05) is 77.5 Å². The molecular formula is C28H34N6O2. The van der Waals surface area contributed by atoms with Gasteiger partial charge in [-0.2, -0.15) is 5.10 Å². The fraction of sp³-hybridized carbons (Fsp3) is 0.357. The molecule has 36 heavy (non-hydrogen) atoms. The molecule has 1 atom stereocenters. The van der Waals surface area contributed by atoms with Gasteiger partial charge in [-0.1, -0.05) is 44.2 Å². The summed E-state index contributed by atoms with van der Waals surface area (Å²) in [5.41, 5.74) is 6.42.